The lowest BCUT2D eigenvalue weighted by Crippen LogP contribution is -2.11. The second-order valence-electron chi connectivity index (χ2n) is 4.53. The van der Waals surface area contributed by atoms with E-state index in [0.29, 0.717) is 5.75 Å². The lowest BCUT2D eigenvalue weighted by Gasteiger charge is -2.10. The number of nitro groups is 1. The molecule has 0 saturated heterocycles. The molecule has 2 aromatic carbocycles. The first-order valence-corrected chi connectivity index (χ1v) is 6.50. The molecule has 21 heavy (non-hydrogen) atoms. The minimum atomic E-state index is -0.646. The molecule has 108 valence electrons. The highest BCUT2D eigenvalue weighted by atomic mass is 35.5. The third kappa shape index (κ3) is 3.20. The molecule has 0 saturated carbocycles. The van der Waals surface area contributed by atoms with Crippen LogP contribution in [-0.4, -0.2) is 10.9 Å². The first-order valence-electron chi connectivity index (χ1n) is 6.12. The summed E-state index contributed by atoms with van der Waals surface area (Å²) in [7, 11) is 0. The molecule has 6 heteroatoms. The molecule has 0 unspecified atom stereocenters. The van der Waals surface area contributed by atoms with E-state index >= 15 is 0 Å². The van der Waals surface area contributed by atoms with Crippen molar-refractivity contribution < 1.29 is 14.5 Å². The molecule has 0 spiro atoms. The number of hydrogen-bond acceptors (Lipinski definition) is 4. The summed E-state index contributed by atoms with van der Waals surface area (Å²) < 4.78 is 5.35. The molecule has 0 heterocycles. The lowest BCUT2D eigenvalue weighted by molar-refractivity contribution is -0.384. The van der Waals surface area contributed by atoms with Crippen LogP contribution in [0, 0.1) is 24.0 Å². The van der Waals surface area contributed by atoms with Gasteiger partial charge in [0.25, 0.3) is 5.69 Å². The zero-order valence-electron chi connectivity index (χ0n) is 11.4. The predicted molar refractivity (Wildman–Crippen MR) is 79.0 cm³/mol. The maximum Gasteiger partial charge on any atom is 0.345 e. The van der Waals surface area contributed by atoms with Crippen LogP contribution in [0.2, 0.25) is 5.02 Å². The van der Waals surface area contributed by atoms with Gasteiger partial charge in [0, 0.05) is 12.1 Å². The molecular formula is C15H12ClNO4. The number of nitrogens with zero attached hydrogens (tertiary/aromatic N) is 1. The standard InChI is InChI=1S/C15H12ClNO4/c1-9-4-3-5-10(2)14(9)21-15(18)12-7-6-11(17(19)20)8-13(12)16/h3-8H,1-2H3. The van der Waals surface area contributed by atoms with Crippen LogP contribution in [0.25, 0.3) is 0 Å². The Morgan fingerprint density at radius 2 is 1.81 bits per heavy atom. The van der Waals surface area contributed by atoms with E-state index in [1.165, 1.54) is 12.1 Å². The minimum Gasteiger partial charge on any atom is -0.422 e. The summed E-state index contributed by atoms with van der Waals surface area (Å²) in [6, 6.07) is 9.15. The number of carbonyl (C=O) groups is 1. The lowest BCUT2D eigenvalue weighted by atomic mass is 10.1. The molecule has 0 aliphatic rings. The van der Waals surface area contributed by atoms with Crippen LogP contribution in [0.3, 0.4) is 0 Å². The Bertz CT molecular complexity index is 707. The highest BCUT2D eigenvalue weighted by molar-refractivity contribution is 6.33. The molecule has 0 amide bonds. The zero-order chi connectivity index (χ0) is 15.6. The Morgan fingerprint density at radius 3 is 2.33 bits per heavy atom. The average molecular weight is 306 g/mol. The summed E-state index contributed by atoms with van der Waals surface area (Å²) in [6.45, 7) is 3.65. The number of para-hydroxylation sites is 1. The first kappa shape index (κ1) is 15.0. The summed E-state index contributed by atoms with van der Waals surface area (Å²) in [4.78, 5) is 22.2. The van der Waals surface area contributed by atoms with E-state index in [9.17, 15) is 14.9 Å². The van der Waals surface area contributed by atoms with Crippen molar-refractivity contribution in [2.45, 2.75) is 13.8 Å². The molecule has 5 nitrogen and oxygen atoms in total. The molecule has 0 aliphatic heterocycles. The third-order valence-corrected chi connectivity index (χ3v) is 3.30. The van der Waals surface area contributed by atoms with Crippen LogP contribution in [0.4, 0.5) is 5.69 Å². The van der Waals surface area contributed by atoms with Crippen molar-refractivity contribution in [2.24, 2.45) is 0 Å². The SMILES string of the molecule is Cc1cccc(C)c1OC(=O)c1ccc([N+](=O)[O-])cc1Cl. The number of carbonyl (C=O) groups excluding carboxylic acids is 1. The summed E-state index contributed by atoms with van der Waals surface area (Å²) >= 11 is 5.91. The Hall–Kier alpha value is -2.40. The molecule has 0 aliphatic carbocycles. The third-order valence-electron chi connectivity index (χ3n) is 2.99. The normalized spacial score (nSPS) is 10.2. The van der Waals surface area contributed by atoms with Gasteiger partial charge in [-0.3, -0.25) is 10.1 Å². The van der Waals surface area contributed by atoms with E-state index in [1.807, 2.05) is 32.0 Å². The molecule has 0 aromatic heterocycles. The fourth-order valence-corrected chi connectivity index (χ4v) is 2.14. The Balaban J connectivity index is 2.31. The quantitative estimate of drug-likeness (QED) is 0.371. The van der Waals surface area contributed by atoms with Gasteiger partial charge in [0.2, 0.25) is 0 Å². The monoisotopic (exact) mass is 305 g/mol. The number of nitro benzene ring substituents is 1. The fraction of sp³-hybridized carbons (Fsp3) is 0.133. The summed E-state index contributed by atoms with van der Waals surface area (Å²) in [5.41, 5.74) is 1.55. The Labute approximate surface area is 126 Å². The number of hydrogen-bond donors (Lipinski definition) is 0. The smallest absolute Gasteiger partial charge is 0.345 e. The summed E-state index contributed by atoms with van der Waals surface area (Å²) in [5, 5.41) is 10.6. The molecule has 2 rings (SSSR count). The van der Waals surface area contributed by atoms with Gasteiger partial charge in [0.15, 0.2) is 0 Å². The van der Waals surface area contributed by atoms with Crippen LogP contribution in [0.1, 0.15) is 21.5 Å². The van der Waals surface area contributed by atoms with Gasteiger partial charge in [-0.2, -0.15) is 0 Å². The molecular weight excluding hydrogens is 294 g/mol. The molecule has 0 fully saturated rings. The van der Waals surface area contributed by atoms with Gasteiger partial charge in [-0.25, -0.2) is 4.79 Å². The van der Waals surface area contributed by atoms with Gasteiger partial charge in [-0.05, 0) is 31.0 Å². The van der Waals surface area contributed by atoms with Gasteiger partial charge < -0.3 is 4.74 Å². The number of ether oxygens (including phenoxy) is 1. The average Bonchev–Trinajstić information content (AvgIpc) is 2.42. The number of esters is 1. The number of aryl methyl sites for hydroxylation is 2. The summed E-state index contributed by atoms with van der Waals surface area (Å²) in [5.74, 6) is -0.177. The highest BCUT2D eigenvalue weighted by Gasteiger charge is 2.18. The van der Waals surface area contributed by atoms with Crippen molar-refractivity contribution in [1.82, 2.24) is 0 Å². The van der Waals surface area contributed by atoms with Crippen molar-refractivity contribution in [3.63, 3.8) is 0 Å². The van der Waals surface area contributed by atoms with Crippen LogP contribution < -0.4 is 4.74 Å². The van der Waals surface area contributed by atoms with Crippen molar-refractivity contribution in [1.29, 1.82) is 0 Å². The fourth-order valence-electron chi connectivity index (χ4n) is 1.89. The molecule has 0 radical (unpaired) electrons. The summed E-state index contributed by atoms with van der Waals surface area (Å²) in [6.07, 6.45) is 0. The van der Waals surface area contributed by atoms with Gasteiger partial charge in [0.05, 0.1) is 15.5 Å². The van der Waals surface area contributed by atoms with Crippen LogP contribution >= 0.6 is 11.6 Å². The molecule has 0 N–H and O–H groups in total. The van der Waals surface area contributed by atoms with Crippen molar-refractivity contribution in [2.75, 3.05) is 0 Å². The maximum absolute atomic E-state index is 12.1. The van der Waals surface area contributed by atoms with Gasteiger partial charge in [-0.15, -0.1) is 0 Å². The van der Waals surface area contributed by atoms with E-state index < -0.39 is 10.9 Å². The number of rotatable bonds is 3. The largest absolute Gasteiger partial charge is 0.422 e. The second-order valence-corrected chi connectivity index (χ2v) is 4.94. The molecule has 0 atom stereocenters. The molecule has 0 bridgehead atoms. The van der Waals surface area contributed by atoms with E-state index in [4.69, 9.17) is 16.3 Å². The minimum absolute atomic E-state index is 0.0135. The highest BCUT2D eigenvalue weighted by Crippen LogP contribution is 2.27. The van der Waals surface area contributed by atoms with Crippen LogP contribution in [0.5, 0.6) is 5.75 Å². The van der Waals surface area contributed by atoms with Gasteiger partial charge >= 0.3 is 5.97 Å². The van der Waals surface area contributed by atoms with Gasteiger partial charge in [0.1, 0.15) is 5.75 Å². The zero-order valence-corrected chi connectivity index (χ0v) is 12.2. The Kier molecular flexibility index (Phi) is 4.23. The van der Waals surface area contributed by atoms with Crippen LogP contribution in [-0.2, 0) is 0 Å². The topological polar surface area (TPSA) is 69.4 Å². The number of halogens is 1. The second kappa shape index (κ2) is 5.93. The van der Waals surface area contributed by atoms with Crippen molar-refractivity contribution in [3.05, 3.63) is 68.2 Å². The van der Waals surface area contributed by atoms with E-state index in [2.05, 4.69) is 0 Å². The van der Waals surface area contributed by atoms with Crippen molar-refractivity contribution in [3.8, 4) is 5.75 Å². The number of benzene rings is 2. The Morgan fingerprint density at radius 1 is 1.19 bits per heavy atom. The van der Waals surface area contributed by atoms with Crippen molar-refractivity contribution >= 4 is 23.3 Å². The predicted octanol–water partition coefficient (Wildman–Crippen LogP) is 4.08. The van der Waals surface area contributed by atoms with E-state index in [0.717, 1.165) is 17.2 Å². The van der Waals surface area contributed by atoms with E-state index in [1.54, 1.807) is 0 Å². The number of non-ortho nitro benzene ring substituents is 1. The van der Waals surface area contributed by atoms with Crippen LogP contribution in [0.15, 0.2) is 36.4 Å². The maximum atomic E-state index is 12.1. The molecule has 2 aromatic rings. The van der Waals surface area contributed by atoms with E-state index in [-0.39, 0.29) is 16.3 Å². The first-order chi connectivity index (χ1) is 9.90. The van der Waals surface area contributed by atoms with Gasteiger partial charge in [-0.1, -0.05) is 29.8 Å².